The lowest BCUT2D eigenvalue weighted by atomic mass is 10.0. The molecule has 8 heteroatoms. The maximum absolute atomic E-state index is 10.6. The van der Waals surface area contributed by atoms with Crippen molar-refractivity contribution in [2.75, 3.05) is 26.2 Å². The molecule has 0 radical (unpaired) electrons. The van der Waals surface area contributed by atoms with Crippen LogP contribution >= 0.6 is 11.6 Å². The SMILES string of the molecule is CCNC(=NCC(C)(O)c1cnn(C)c1)NCCOc1cccc(Cl)c1. The first kappa shape index (κ1) is 20.1. The van der Waals surface area contributed by atoms with Crippen molar-refractivity contribution in [2.45, 2.75) is 19.4 Å². The van der Waals surface area contributed by atoms with E-state index in [1.165, 1.54) is 0 Å². The number of hydrogen-bond acceptors (Lipinski definition) is 4. The molecule has 0 bridgehead atoms. The zero-order chi connectivity index (χ0) is 19.0. The fourth-order valence-corrected chi connectivity index (χ4v) is 2.44. The number of nitrogens with zero attached hydrogens (tertiary/aromatic N) is 3. The first-order chi connectivity index (χ1) is 12.4. The van der Waals surface area contributed by atoms with E-state index in [9.17, 15) is 5.11 Å². The normalized spacial score (nSPS) is 14.0. The summed E-state index contributed by atoms with van der Waals surface area (Å²) in [5.74, 6) is 1.34. The Morgan fingerprint density at radius 2 is 2.23 bits per heavy atom. The zero-order valence-corrected chi connectivity index (χ0v) is 16.1. The third kappa shape index (κ3) is 6.24. The average molecular weight is 380 g/mol. The van der Waals surface area contributed by atoms with Crippen molar-refractivity contribution in [3.05, 3.63) is 47.2 Å². The number of benzene rings is 1. The van der Waals surface area contributed by atoms with E-state index in [1.54, 1.807) is 36.1 Å². The molecule has 1 aromatic heterocycles. The van der Waals surface area contributed by atoms with E-state index in [-0.39, 0.29) is 6.54 Å². The quantitative estimate of drug-likeness (QED) is 0.371. The van der Waals surface area contributed by atoms with E-state index in [4.69, 9.17) is 16.3 Å². The lowest BCUT2D eigenvalue weighted by Crippen LogP contribution is -2.40. The van der Waals surface area contributed by atoms with Crippen LogP contribution in [0.4, 0.5) is 0 Å². The van der Waals surface area contributed by atoms with E-state index < -0.39 is 5.60 Å². The Bertz CT molecular complexity index is 730. The average Bonchev–Trinajstić information content (AvgIpc) is 3.04. The molecule has 0 spiro atoms. The number of hydrogen-bond donors (Lipinski definition) is 3. The van der Waals surface area contributed by atoms with Gasteiger partial charge in [-0.25, -0.2) is 4.99 Å². The van der Waals surface area contributed by atoms with Gasteiger partial charge in [0.05, 0.1) is 19.3 Å². The van der Waals surface area contributed by atoms with Crippen LogP contribution < -0.4 is 15.4 Å². The fourth-order valence-electron chi connectivity index (χ4n) is 2.26. The number of aliphatic hydroxyl groups is 1. The van der Waals surface area contributed by atoms with Crippen LogP contribution in [0.15, 0.2) is 41.7 Å². The van der Waals surface area contributed by atoms with Crippen LogP contribution in [0.2, 0.25) is 5.02 Å². The number of aliphatic imine (C=N–C) groups is 1. The van der Waals surface area contributed by atoms with Crippen molar-refractivity contribution < 1.29 is 9.84 Å². The van der Waals surface area contributed by atoms with Gasteiger partial charge in [-0.15, -0.1) is 0 Å². The van der Waals surface area contributed by atoms with Crippen LogP contribution in [0.1, 0.15) is 19.4 Å². The molecule has 1 unspecified atom stereocenters. The Hall–Kier alpha value is -2.25. The Morgan fingerprint density at radius 3 is 2.88 bits per heavy atom. The second kappa shape index (κ2) is 9.45. The standard InChI is InChI=1S/C18H26ClN5O2/c1-4-20-17(21-8-9-26-16-7-5-6-15(19)10-16)22-13-18(2,25)14-11-23-24(3)12-14/h5-7,10-12,25H,4,8-9,13H2,1-3H3,(H2,20,21,22). The largest absolute Gasteiger partial charge is 0.492 e. The summed E-state index contributed by atoms with van der Waals surface area (Å²) in [6.45, 7) is 5.66. The topological polar surface area (TPSA) is 83.7 Å². The molecular weight excluding hydrogens is 354 g/mol. The summed E-state index contributed by atoms with van der Waals surface area (Å²) in [7, 11) is 1.81. The second-order valence-electron chi connectivity index (χ2n) is 6.10. The Morgan fingerprint density at radius 1 is 1.42 bits per heavy atom. The van der Waals surface area contributed by atoms with Crippen molar-refractivity contribution >= 4 is 17.6 Å². The highest BCUT2D eigenvalue weighted by Gasteiger charge is 2.24. The molecule has 0 fully saturated rings. The summed E-state index contributed by atoms with van der Waals surface area (Å²) >= 11 is 5.93. The predicted octanol–water partition coefficient (Wildman–Crippen LogP) is 1.92. The van der Waals surface area contributed by atoms with Gasteiger partial charge in [-0.05, 0) is 32.0 Å². The molecule has 0 aliphatic heterocycles. The van der Waals surface area contributed by atoms with Gasteiger partial charge < -0.3 is 20.5 Å². The number of nitrogens with one attached hydrogen (secondary N) is 2. The zero-order valence-electron chi connectivity index (χ0n) is 15.4. The molecular formula is C18H26ClN5O2. The van der Waals surface area contributed by atoms with Crippen LogP contribution in [0, 0.1) is 0 Å². The summed E-state index contributed by atoms with van der Waals surface area (Å²) in [4.78, 5) is 4.46. The first-order valence-electron chi connectivity index (χ1n) is 8.53. The van der Waals surface area contributed by atoms with Gasteiger partial charge in [-0.3, -0.25) is 4.68 Å². The molecule has 7 nitrogen and oxygen atoms in total. The van der Waals surface area contributed by atoms with Crippen molar-refractivity contribution in [3.63, 3.8) is 0 Å². The van der Waals surface area contributed by atoms with E-state index >= 15 is 0 Å². The monoisotopic (exact) mass is 379 g/mol. The highest BCUT2D eigenvalue weighted by atomic mass is 35.5. The fraction of sp³-hybridized carbons (Fsp3) is 0.444. The number of rotatable bonds is 8. The Kier molecular flexibility index (Phi) is 7.29. The third-order valence-corrected chi connectivity index (χ3v) is 3.91. The molecule has 2 rings (SSSR count). The smallest absolute Gasteiger partial charge is 0.191 e. The Balaban J connectivity index is 1.86. The molecule has 0 aliphatic carbocycles. The number of ether oxygens (including phenoxy) is 1. The highest BCUT2D eigenvalue weighted by molar-refractivity contribution is 6.30. The maximum atomic E-state index is 10.6. The van der Waals surface area contributed by atoms with Crippen molar-refractivity contribution in [2.24, 2.45) is 12.0 Å². The molecule has 0 saturated carbocycles. The van der Waals surface area contributed by atoms with Gasteiger partial charge in [-0.1, -0.05) is 17.7 Å². The van der Waals surface area contributed by atoms with E-state index in [0.717, 1.165) is 17.9 Å². The number of halogens is 1. The molecule has 0 aliphatic rings. The number of aromatic nitrogens is 2. The summed E-state index contributed by atoms with van der Waals surface area (Å²) in [6, 6.07) is 7.27. The van der Waals surface area contributed by atoms with Crippen molar-refractivity contribution in [1.82, 2.24) is 20.4 Å². The lowest BCUT2D eigenvalue weighted by Gasteiger charge is -2.20. The summed E-state index contributed by atoms with van der Waals surface area (Å²) in [5.41, 5.74) is -0.364. The predicted molar refractivity (Wildman–Crippen MR) is 104 cm³/mol. The Labute approximate surface area is 159 Å². The molecule has 26 heavy (non-hydrogen) atoms. The van der Waals surface area contributed by atoms with Crippen LogP contribution in [0.5, 0.6) is 5.75 Å². The summed E-state index contributed by atoms with van der Waals surface area (Å²) < 4.78 is 7.30. The minimum atomic E-state index is -1.09. The molecule has 2 aromatic rings. The summed E-state index contributed by atoms with van der Waals surface area (Å²) in [5, 5.41) is 21.7. The van der Waals surface area contributed by atoms with Crippen LogP contribution in [0.25, 0.3) is 0 Å². The second-order valence-corrected chi connectivity index (χ2v) is 6.54. The van der Waals surface area contributed by atoms with Gasteiger partial charge in [0.15, 0.2) is 5.96 Å². The molecule has 1 atom stereocenters. The van der Waals surface area contributed by atoms with Crippen LogP contribution in [-0.4, -0.2) is 47.1 Å². The van der Waals surface area contributed by atoms with Gasteiger partial charge in [0.25, 0.3) is 0 Å². The van der Waals surface area contributed by atoms with Gasteiger partial charge in [0, 0.05) is 30.4 Å². The van der Waals surface area contributed by atoms with E-state index in [2.05, 4.69) is 20.7 Å². The summed E-state index contributed by atoms with van der Waals surface area (Å²) in [6.07, 6.45) is 3.43. The van der Waals surface area contributed by atoms with E-state index in [1.807, 2.05) is 26.1 Å². The highest BCUT2D eigenvalue weighted by Crippen LogP contribution is 2.20. The molecule has 1 heterocycles. The van der Waals surface area contributed by atoms with Gasteiger partial charge in [-0.2, -0.15) is 5.10 Å². The number of guanidine groups is 1. The number of aryl methyl sites for hydroxylation is 1. The minimum absolute atomic E-state index is 0.211. The van der Waals surface area contributed by atoms with Crippen molar-refractivity contribution in [1.29, 1.82) is 0 Å². The molecule has 1 aromatic carbocycles. The third-order valence-electron chi connectivity index (χ3n) is 3.68. The van der Waals surface area contributed by atoms with Gasteiger partial charge in [0.1, 0.15) is 18.0 Å². The van der Waals surface area contributed by atoms with Crippen LogP contribution in [-0.2, 0) is 12.6 Å². The molecule has 142 valence electrons. The van der Waals surface area contributed by atoms with Crippen LogP contribution in [0.3, 0.4) is 0 Å². The van der Waals surface area contributed by atoms with Gasteiger partial charge in [0.2, 0.25) is 0 Å². The minimum Gasteiger partial charge on any atom is -0.492 e. The maximum Gasteiger partial charge on any atom is 0.191 e. The molecule has 0 saturated heterocycles. The molecule has 0 amide bonds. The first-order valence-corrected chi connectivity index (χ1v) is 8.90. The van der Waals surface area contributed by atoms with Gasteiger partial charge >= 0.3 is 0 Å². The van der Waals surface area contributed by atoms with Crippen molar-refractivity contribution in [3.8, 4) is 5.75 Å². The molecule has 3 N–H and O–H groups in total. The lowest BCUT2D eigenvalue weighted by molar-refractivity contribution is 0.0672. The van der Waals surface area contributed by atoms with E-state index in [0.29, 0.717) is 24.1 Å².